The number of benzene rings is 2. The molecule has 1 atom stereocenters. The highest BCUT2D eigenvalue weighted by molar-refractivity contribution is 7.17. The first-order chi connectivity index (χ1) is 28.0. The summed E-state index contributed by atoms with van der Waals surface area (Å²) in [7, 11) is 1.47. The maximum atomic E-state index is 13.3. The fourth-order valence-corrected chi connectivity index (χ4v) is 7.55. The zero-order chi connectivity index (χ0) is 41.3. The Hall–Kier alpha value is -5.98. The van der Waals surface area contributed by atoms with E-state index < -0.39 is 17.9 Å². The van der Waals surface area contributed by atoms with Crippen LogP contribution in [0.3, 0.4) is 0 Å². The van der Waals surface area contributed by atoms with Crippen LogP contribution in [0, 0.1) is 13.8 Å². The van der Waals surface area contributed by atoms with Crippen molar-refractivity contribution in [1.29, 1.82) is 0 Å². The average molecular weight is 831 g/mol. The van der Waals surface area contributed by atoms with E-state index in [1.165, 1.54) is 30.6 Å². The van der Waals surface area contributed by atoms with E-state index in [1.54, 1.807) is 30.0 Å². The quantitative estimate of drug-likeness (QED) is 0.0674. The van der Waals surface area contributed by atoms with E-state index >= 15 is 0 Å². The second-order valence-corrected chi connectivity index (χ2v) is 14.9. The van der Waals surface area contributed by atoms with E-state index in [2.05, 4.69) is 41.1 Å². The van der Waals surface area contributed by atoms with E-state index in [4.69, 9.17) is 16.3 Å². The average Bonchev–Trinajstić information content (AvgIpc) is 3.79. The van der Waals surface area contributed by atoms with Crippen LogP contribution >= 0.6 is 22.9 Å². The van der Waals surface area contributed by atoms with Crippen LogP contribution in [0.1, 0.15) is 61.0 Å². The third kappa shape index (κ3) is 9.75. The number of carbonyl (C=O) groups excluding carboxylic acids is 6. The molecule has 0 saturated carbocycles. The number of anilines is 5. The Balaban J connectivity index is 0.929. The number of amides is 5. The van der Waals surface area contributed by atoms with Gasteiger partial charge in [-0.1, -0.05) is 41.1 Å². The lowest BCUT2D eigenvalue weighted by atomic mass is 10.1. The Morgan fingerprint density at radius 2 is 1.78 bits per heavy atom. The van der Waals surface area contributed by atoms with Crippen molar-refractivity contribution in [3.8, 4) is 0 Å². The minimum Gasteiger partial charge on any atom is -0.382 e. The van der Waals surface area contributed by atoms with Crippen LogP contribution < -0.4 is 26.2 Å². The molecule has 19 heteroatoms. The number of nitrogens with one attached hydrogen (secondary N) is 4. The minimum absolute atomic E-state index is 0.00955. The van der Waals surface area contributed by atoms with Crippen molar-refractivity contribution in [2.45, 2.75) is 39.2 Å². The summed E-state index contributed by atoms with van der Waals surface area (Å²) in [6, 6.07) is 11.0. The molecule has 304 valence electrons. The largest absolute Gasteiger partial charge is 0.382 e. The highest BCUT2D eigenvalue weighted by Crippen LogP contribution is 2.32. The molecule has 2 aromatic carbocycles. The van der Waals surface area contributed by atoms with Gasteiger partial charge in [-0.05, 0) is 44.0 Å². The van der Waals surface area contributed by atoms with Gasteiger partial charge in [0.15, 0.2) is 5.13 Å². The maximum Gasteiger partial charge on any atom is 0.267 e. The molecular weight excluding hydrogens is 788 g/mol. The highest BCUT2D eigenvalue weighted by Gasteiger charge is 2.41. The van der Waals surface area contributed by atoms with Gasteiger partial charge in [0, 0.05) is 57.9 Å². The number of ether oxygens (including phenoxy) is 1. The van der Waals surface area contributed by atoms with Gasteiger partial charge in [0.05, 0.1) is 53.7 Å². The predicted molar refractivity (Wildman–Crippen MR) is 219 cm³/mol. The number of aryl methyl sites for hydroxylation is 2. The van der Waals surface area contributed by atoms with Crippen LogP contribution in [-0.2, 0) is 19.1 Å². The molecule has 4 aromatic rings. The number of para-hydroxylation sites is 1. The summed E-state index contributed by atoms with van der Waals surface area (Å²) in [4.78, 5) is 94.4. The van der Waals surface area contributed by atoms with Gasteiger partial charge in [-0.2, -0.15) is 0 Å². The summed E-state index contributed by atoms with van der Waals surface area (Å²) in [6.07, 6.45) is 2.21. The van der Waals surface area contributed by atoms with Crippen molar-refractivity contribution in [2.75, 3.05) is 73.8 Å². The molecule has 1 fully saturated rings. The molecule has 2 aliphatic rings. The molecule has 58 heavy (non-hydrogen) atoms. The number of nitrogens with zero attached hydrogens (tertiary/aromatic N) is 6. The van der Waals surface area contributed by atoms with Gasteiger partial charge >= 0.3 is 0 Å². The number of aldehydes is 1. The number of hydrogen-bond donors (Lipinski definition) is 4. The Bertz CT molecular complexity index is 2190. The molecule has 1 unspecified atom stereocenters. The molecule has 4 heterocycles. The minimum atomic E-state index is -1.06. The lowest BCUT2D eigenvalue weighted by molar-refractivity contribution is -0.132. The number of imide groups is 1. The summed E-state index contributed by atoms with van der Waals surface area (Å²) in [6.45, 7) is 6.53. The smallest absolute Gasteiger partial charge is 0.267 e. The first-order valence-corrected chi connectivity index (χ1v) is 19.8. The second kappa shape index (κ2) is 19.0. The number of fused-ring (bicyclic) bond motifs is 1. The van der Waals surface area contributed by atoms with Crippen LogP contribution in [0.5, 0.6) is 0 Å². The van der Waals surface area contributed by atoms with Gasteiger partial charge in [0.25, 0.3) is 17.7 Å². The van der Waals surface area contributed by atoms with E-state index in [0.29, 0.717) is 82.9 Å². The monoisotopic (exact) mass is 830 g/mol. The topological polar surface area (TPSA) is 208 Å². The standard InChI is InChI=1S/C39H43ClN10O7S/c1-23-6-4-8-27(40)35(23)47-36(54)29-21-43-39(58-29)46-30-20-31(45-24(2)44-30)48-14-16-49(17-15-48)33(53)12-18-57-19-13-42-28-9-5-7-26-34(28)38(56)50(37(26)55)25(22-51)10-11-32(52)41-3/h4-9,20-22,25,42H,10-19H2,1-3H3,(H,41,52)(H,47,54)(H,43,44,45,46). The molecule has 0 radical (unpaired) electrons. The molecule has 2 aromatic heterocycles. The molecular formula is C39H43ClN10O7S. The molecule has 5 amide bonds. The van der Waals surface area contributed by atoms with Crippen molar-refractivity contribution in [3.05, 3.63) is 81.1 Å². The van der Waals surface area contributed by atoms with Crippen molar-refractivity contribution < 1.29 is 33.5 Å². The molecule has 4 N–H and O–H groups in total. The third-order valence-electron chi connectivity index (χ3n) is 9.61. The van der Waals surface area contributed by atoms with E-state index in [9.17, 15) is 28.8 Å². The number of piperazine rings is 1. The van der Waals surface area contributed by atoms with Crippen LogP contribution in [0.25, 0.3) is 0 Å². The summed E-state index contributed by atoms with van der Waals surface area (Å²) in [5.41, 5.74) is 2.17. The number of hydrogen-bond acceptors (Lipinski definition) is 14. The number of carbonyl (C=O) groups is 6. The molecule has 0 spiro atoms. The third-order valence-corrected chi connectivity index (χ3v) is 10.8. The van der Waals surface area contributed by atoms with Crippen LogP contribution in [0.4, 0.5) is 28.1 Å². The Kier molecular flexibility index (Phi) is 13.6. The maximum absolute atomic E-state index is 13.3. The molecule has 0 aliphatic carbocycles. The van der Waals surface area contributed by atoms with Crippen molar-refractivity contribution in [3.63, 3.8) is 0 Å². The van der Waals surface area contributed by atoms with Gasteiger partial charge in [-0.3, -0.25) is 28.9 Å². The SMILES string of the molecule is CNC(=O)CCC(C=O)N1C(=O)c2cccc(NCCOCCC(=O)N3CCN(c4cc(Nc5ncc(C(=O)Nc6c(C)cccc6Cl)s5)nc(C)n4)CC3)c2C1=O. The normalized spacial score (nSPS) is 14.2. The second-order valence-electron chi connectivity index (χ2n) is 13.5. The van der Waals surface area contributed by atoms with Gasteiger partial charge in [-0.15, -0.1) is 0 Å². The van der Waals surface area contributed by atoms with E-state index in [0.717, 1.165) is 10.5 Å². The van der Waals surface area contributed by atoms with E-state index in [-0.39, 0.29) is 61.3 Å². The number of halogens is 1. The fraction of sp³-hybridized carbons (Fsp3) is 0.359. The summed E-state index contributed by atoms with van der Waals surface area (Å²) in [5, 5.41) is 12.6. The fourth-order valence-electron chi connectivity index (χ4n) is 6.57. The molecule has 6 rings (SSSR count). The molecule has 1 saturated heterocycles. The van der Waals surface area contributed by atoms with Crippen LogP contribution in [0.2, 0.25) is 5.02 Å². The first-order valence-electron chi connectivity index (χ1n) is 18.6. The van der Waals surface area contributed by atoms with Crippen molar-refractivity contribution in [1.82, 2.24) is 30.1 Å². The Morgan fingerprint density at radius 1 is 1.00 bits per heavy atom. The number of rotatable bonds is 17. The summed E-state index contributed by atoms with van der Waals surface area (Å²) < 4.78 is 5.72. The number of aromatic nitrogens is 3. The Labute approximate surface area is 343 Å². The summed E-state index contributed by atoms with van der Waals surface area (Å²) in [5.74, 6) is -0.0665. The highest BCUT2D eigenvalue weighted by atomic mass is 35.5. The Morgan fingerprint density at radius 3 is 2.52 bits per heavy atom. The molecule has 17 nitrogen and oxygen atoms in total. The van der Waals surface area contributed by atoms with Crippen LogP contribution in [-0.4, -0.2) is 120 Å². The zero-order valence-electron chi connectivity index (χ0n) is 32.2. The lowest BCUT2D eigenvalue weighted by Gasteiger charge is -2.35. The summed E-state index contributed by atoms with van der Waals surface area (Å²) >= 11 is 7.46. The van der Waals surface area contributed by atoms with E-state index in [1.807, 2.05) is 25.1 Å². The van der Waals surface area contributed by atoms with Gasteiger partial charge < -0.3 is 40.6 Å². The van der Waals surface area contributed by atoms with Gasteiger partial charge in [-0.25, -0.2) is 15.0 Å². The van der Waals surface area contributed by atoms with Gasteiger partial charge in [0.1, 0.15) is 28.6 Å². The van der Waals surface area contributed by atoms with Crippen molar-refractivity contribution >= 4 is 86.9 Å². The molecule has 2 aliphatic heterocycles. The molecule has 0 bridgehead atoms. The van der Waals surface area contributed by atoms with Crippen molar-refractivity contribution in [2.24, 2.45) is 0 Å². The van der Waals surface area contributed by atoms with Crippen LogP contribution in [0.15, 0.2) is 48.7 Å². The number of thiazole rings is 1. The zero-order valence-corrected chi connectivity index (χ0v) is 33.7. The van der Waals surface area contributed by atoms with Gasteiger partial charge in [0.2, 0.25) is 11.8 Å². The first kappa shape index (κ1) is 41.6. The predicted octanol–water partition coefficient (Wildman–Crippen LogP) is 4.06. The lowest BCUT2D eigenvalue weighted by Crippen LogP contribution is -2.49.